The van der Waals surface area contributed by atoms with Gasteiger partial charge in [-0.25, -0.2) is 9.18 Å². The highest BCUT2D eigenvalue weighted by Gasteiger charge is 2.34. The van der Waals surface area contributed by atoms with Gasteiger partial charge in [0.2, 0.25) is 5.91 Å². The van der Waals surface area contributed by atoms with E-state index in [0.717, 1.165) is 6.42 Å². The molecule has 1 saturated heterocycles. The van der Waals surface area contributed by atoms with E-state index in [9.17, 15) is 14.0 Å². The number of hydrogen-bond acceptors (Lipinski definition) is 2. The second kappa shape index (κ2) is 8.00. The van der Waals surface area contributed by atoms with Crippen molar-refractivity contribution in [3.63, 3.8) is 0 Å². The molecule has 0 aliphatic carbocycles. The van der Waals surface area contributed by atoms with Gasteiger partial charge in [0.15, 0.2) is 0 Å². The summed E-state index contributed by atoms with van der Waals surface area (Å²) in [5.41, 5.74) is 2.44. The minimum atomic E-state index is -0.525. The Morgan fingerprint density at radius 1 is 0.964 bits per heavy atom. The van der Waals surface area contributed by atoms with E-state index < -0.39 is 6.04 Å². The van der Waals surface area contributed by atoms with Crippen LogP contribution >= 0.6 is 0 Å². The second-order valence-electron chi connectivity index (χ2n) is 8.11. The zero-order chi connectivity index (χ0) is 20.3. The fraction of sp³-hybridized carbons (Fsp3) is 0.364. The predicted octanol–water partition coefficient (Wildman–Crippen LogP) is 4.76. The van der Waals surface area contributed by atoms with Gasteiger partial charge < -0.3 is 15.5 Å². The van der Waals surface area contributed by atoms with E-state index in [0.29, 0.717) is 24.3 Å². The predicted molar refractivity (Wildman–Crippen MR) is 109 cm³/mol. The molecule has 0 bridgehead atoms. The first kappa shape index (κ1) is 19.9. The highest BCUT2D eigenvalue weighted by atomic mass is 19.1. The monoisotopic (exact) mass is 383 g/mol. The van der Waals surface area contributed by atoms with Gasteiger partial charge in [0.25, 0.3) is 0 Å². The first-order valence-electron chi connectivity index (χ1n) is 9.48. The normalized spacial score (nSPS) is 16.7. The average molecular weight is 383 g/mol. The zero-order valence-electron chi connectivity index (χ0n) is 16.5. The van der Waals surface area contributed by atoms with Crippen molar-refractivity contribution in [1.82, 2.24) is 4.90 Å². The molecule has 1 atom stereocenters. The van der Waals surface area contributed by atoms with E-state index in [1.54, 1.807) is 0 Å². The van der Waals surface area contributed by atoms with Crippen LogP contribution in [0.15, 0.2) is 48.5 Å². The third kappa shape index (κ3) is 4.68. The zero-order valence-corrected chi connectivity index (χ0v) is 16.5. The number of benzene rings is 2. The van der Waals surface area contributed by atoms with E-state index >= 15 is 0 Å². The van der Waals surface area contributed by atoms with E-state index in [2.05, 4.69) is 31.4 Å². The Bertz CT molecular complexity index is 842. The minimum absolute atomic E-state index is 0.0449. The molecule has 3 amide bonds. The van der Waals surface area contributed by atoms with Crippen LogP contribution in [0.25, 0.3) is 0 Å². The third-order valence-electron chi connectivity index (χ3n) is 4.93. The molecule has 1 fully saturated rings. The number of hydrogen-bond donors (Lipinski definition) is 2. The lowest BCUT2D eigenvalue weighted by Gasteiger charge is -2.24. The lowest BCUT2D eigenvalue weighted by molar-refractivity contribution is -0.119. The maximum atomic E-state index is 13.0. The molecule has 3 rings (SSSR count). The standard InChI is InChI=1S/C22H26FN3O2/c1-22(2,3)15-6-10-17(11-7-15)24-20(27)19-5-4-14-26(19)21(28)25-18-12-8-16(23)9-13-18/h6-13,19H,4-5,14H2,1-3H3,(H,24,27)(H,25,28)/t19-/m1/s1. The number of amides is 3. The van der Waals surface area contributed by atoms with E-state index in [1.807, 2.05) is 24.3 Å². The Morgan fingerprint density at radius 3 is 2.14 bits per heavy atom. The van der Waals surface area contributed by atoms with E-state index in [4.69, 9.17) is 0 Å². The molecule has 6 heteroatoms. The van der Waals surface area contributed by atoms with Crippen molar-refractivity contribution in [2.75, 3.05) is 17.2 Å². The largest absolute Gasteiger partial charge is 0.324 e. The summed E-state index contributed by atoms with van der Waals surface area (Å²) in [4.78, 5) is 26.8. The van der Waals surface area contributed by atoms with Gasteiger partial charge >= 0.3 is 6.03 Å². The number of likely N-dealkylation sites (tertiary alicyclic amines) is 1. The Hall–Kier alpha value is -2.89. The Morgan fingerprint density at radius 2 is 1.54 bits per heavy atom. The lowest BCUT2D eigenvalue weighted by Crippen LogP contribution is -2.45. The van der Waals surface area contributed by atoms with Crippen molar-refractivity contribution in [3.05, 3.63) is 59.9 Å². The highest BCUT2D eigenvalue weighted by molar-refractivity contribution is 5.99. The lowest BCUT2D eigenvalue weighted by atomic mass is 9.87. The van der Waals surface area contributed by atoms with Crippen LogP contribution in [0.1, 0.15) is 39.2 Å². The summed E-state index contributed by atoms with van der Waals surface area (Å²) >= 11 is 0. The minimum Gasteiger partial charge on any atom is -0.324 e. The molecule has 0 spiro atoms. The number of nitrogens with one attached hydrogen (secondary N) is 2. The van der Waals surface area contributed by atoms with Crippen LogP contribution in [-0.2, 0) is 10.2 Å². The van der Waals surface area contributed by atoms with Gasteiger partial charge in [-0.2, -0.15) is 0 Å². The molecule has 0 saturated carbocycles. The summed E-state index contributed by atoms with van der Waals surface area (Å²) in [6.07, 6.45) is 1.38. The van der Waals surface area contributed by atoms with Crippen molar-refractivity contribution >= 4 is 23.3 Å². The van der Waals surface area contributed by atoms with Crippen LogP contribution in [0.2, 0.25) is 0 Å². The van der Waals surface area contributed by atoms with Crippen molar-refractivity contribution in [2.45, 2.75) is 45.1 Å². The summed E-state index contributed by atoms with van der Waals surface area (Å²) in [6, 6.07) is 12.5. The summed E-state index contributed by atoms with van der Waals surface area (Å²) in [6.45, 7) is 6.91. The molecule has 0 unspecified atom stereocenters. The van der Waals surface area contributed by atoms with Gasteiger partial charge in [-0.1, -0.05) is 32.9 Å². The van der Waals surface area contributed by atoms with E-state index in [-0.39, 0.29) is 23.2 Å². The van der Waals surface area contributed by atoms with Gasteiger partial charge in [0.1, 0.15) is 11.9 Å². The van der Waals surface area contributed by atoms with Gasteiger partial charge in [-0.15, -0.1) is 0 Å². The number of nitrogens with zero attached hydrogens (tertiary/aromatic N) is 1. The topological polar surface area (TPSA) is 61.4 Å². The molecule has 0 aromatic heterocycles. The number of rotatable bonds is 3. The smallest absolute Gasteiger partial charge is 0.322 e. The SMILES string of the molecule is CC(C)(C)c1ccc(NC(=O)[C@H]2CCCN2C(=O)Nc2ccc(F)cc2)cc1. The number of halogens is 1. The quantitative estimate of drug-likeness (QED) is 0.803. The molecule has 148 valence electrons. The van der Waals surface area contributed by atoms with Crippen LogP contribution in [-0.4, -0.2) is 29.4 Å². The van der Waals surface area contributed by atoms with Crippen LogP contribution in [0, 0.1) is 5.82 Å². The van der Waals surface area contributed by atoms with Crippen molar-refractivity contribution in [2.24, 2.45) is 0 Å². The molecule has 5 nitrogen and oxygen atoms in total. The first-order chi connectivity index (χ1) is 13.2. The molecular weight excluding hydrogens is 357 g/mol. The van der Waals surface area contributed by atoms with Crippen molar-refractivity contribution < 1.29 is 14.0 Å². The van der Waals surface area contributed by atoms with Gasteiger partial charge in [0, 0.05) is 17.9 Å². The number of carbonyl (C=O) groups excluding carboxylic acids is 2. The van der Waals surface area contributed by atoms with Crippen LogP contribution in [0.4, 0.5) is 20.6 Å². The Labute approximate surface area is 164 Å². The molecule has 0 radical (unpaired) electrons. The Balaban J connectivity index is 1.64. The van der Waals surface area contributed by atoms with Crippen LogP contribution in [0.3, 0.4) is 0 Å². The maximum absolute atomic E-state index is 13.0. The molecular formula is C22H26FN3O2. The molecule has 2 aromatic rings. The van der Waals surface area contributed by atoms with Crippen molar-refractivity contribution in [1.29, 1.82) is 0 Å². The van der Waals surface area contributed by atoms with Crippen LogP contribution < -0.4 is 10.6 Å². The molecule has 28 heavy (non-hydrogen) atoms. The number of urea groups is 1. The Kier molecular flexibility index (Phi) is 5.68. The first-order valence-corrected chi connectivity index (χ1v) is 9.48. The average Bonchev–Trinajstić information content (AvgIpc) is 3.13. The fourth-order valence-electron chi connectivity index (χ4n) is 3.29. The molecule has 1 heterocycles. The maximum Gasteiger partial charge on any atom is 0.322 e. The van der Waals surface area contributed by atoms with Crippen molar-refractivity contribution in [3.8, 4) is 0 Å². The fourth-order valence-corrected chi connectivity index (χ4v) is 3.29. The molecule has 1 aliphatic heterocycles. The number of anilines is 2. The van der Waals surface area contributed by atoms with Gasteiger partial charge in [-0.05, 0) is 60.2 Å². The van der Waals surface area contributed by atoms with E-state index in [1.165, 1.54) is 34.7 Å². The van der Waals surface area contributed by atoms with Gasteiger partial charge in [0.05, 0.1) is 0 Å². The molecule has 2 N–H and O–H groups in total. The third-order valence-corrected chi connectivity index (χ3v) is 4.93. The molecule has 1 aliphatic rings. The highest BCUT2D eigenvalue weighted by Crippen LogP contribution is 2.25. The van der Waals surface area contributed by atoms with Crippen LogP contribution in [0.5, 0.6) is 0 Å². The second-order valence-corrected chi connectivity index (χ2v) is 8.11. The summed E-state index contributed by atoms with van der Waals surface area (Å²) < 4.78 is 13.0. The summed E-state index contributed by atoms with van der Waals surface area (Å²) in [5.74, 6) is -0.566. The number of carbonyl (C=O) groups is 2. The van der Waals surface area contributed by atoms with Gasteiger partial charge in [-0.3, -0.25) is 4.79 Å². The molecule has 2 aromatic carbocycles. The summed E-state index contributed by atoms with van der Waals surface area (Å²) in [5, 5.41) is 5.63. The summed E-state index contributed by atoms with van der Waals surface area (Å²) in [7, 11) is 0.